The molecule has 1 aliphatic carbocycles. The van der Waals surface area contributed by atoms with Crippen LogP contribution in [-0.4, -0.2) is 25.5 Å². The van der Waals surface area contributed by atoms with E-state index in [4.69, 9.17) is 0 Å². The van der Waals surface area contributed by atoms with Crippen LogP contribution in [0.15, 0.2) is 66.0 Å². The fraction of sp³-hybridized carbons (Fsp3) is 0.214. The van der Waals surface area contributed by atoms with Crippen LogP contribution in [0.3, 0.4) is 0 Å². The van der Waals surface area contributed by atoms with Gasteiger partial charge in [0.25, 0.3) is 0 Å². The Morgan fingerprint density at radius 2 is 1.94 bits per heavy atom. The van der Waals surface area contributed by atoms with E-state index in [9.17, 15) is 5.11 Å². The summed E-state index contributed by atoms with van der Waals surface area (Å²) in [7, 11) is 3.98. The molecule has 2 nitrogen and oxygen atoms in total. The van der Waals surface area contributed by atoms with Crippen LogP contribution in [0.2, 0.25) is 0 Å². The van der Waals surface area contributed by atoms with Gasteiger partial charge in [-0.1, -0.05) is 18.2 Å². The zero-order valence-corrected chi connectivity index (χ0v) is 11.2. The summed E-state index contributed by atoms with van der Waals surface area (Å²) >= 11 is 0. The largest absolute Gasteiger partial charge is 2.00 e. The Balaban J connectivity index is 0.000000360. The topological polar surface area (TPSA) is 26.3 Å². The molecule has 0 N–H and O–H groups in total. The van der Waals surface area contributed by atoms with Gasteiger partial charge >= 0.3 is 17.1 Å². The molecular weight excluding hydrogens is 254 g/mol. The van der Waals surface area contributed by atoms with Crippen molar-refractivity contribution in [1.29, 1.82) is 0 Å². The average molecular weight is 271 g/mol. The van der Waals surface area contributed by atoms with Crippen LogP contribution in [0.4, 0.5) is 0 Å². The van der Waals surface area contributed by atoms with E-state index in [1.165, 1.54) is 0 Å². The van der Waals surface area contributed by atoms with Crippen LogP contribution in [-0.2, 0) is 17.1 Å². The van der Waals surface area contributed by atoms with E-state index in [1.54, 1.807) is 0 Å². The van der Waals surface area contributed by atoms with E-state index in [0.717, 1.165) is 24.0 Å². The number of allylic oxidation sites excluding steroid dienone is 3. The third-order valence-corrected chi connectivity index (χ3v) is 2.11. The standard InChI is InChI=1S/C9H13NO.C5H5.Fe/c1-10(2)6-8-4-3-5-9(8)7-11;1-2-4-5-3-1;/h3-5,7,11H,6H2,1-2H3;1-5H;/q;-1;+2/p-1. The molecule has 0 amide bonds. The van der Waals surface area contributed by atoms with E-state index in [1.807, 2.05) is 67.6 Å². The monoisotopic (exact) mass is 271 g/mol. The molecule has 0 aliphatic heterocycles. The molecule has 0 spiro atoms. The number of hydrogen-bond acceptors (Lipinski definition) is 2. The van der Waals surface area contributed by atoms with Crippen LogP contribution in [0, 0.1) is 0 Å². The summed E-state index contributed by atoms with van der Waals surface area (Å²) in [6, 6.07) is 10.0. The second-order valence-electron chi connectivity index (χ2n) is 3.82. The summed E-state index contributed by atoms with van der Waals surface area (Å²) in [4.78, 5) is 2.04. The Hall–Kier alpha value is -1.15. The third-order valence-electron chi connectivity index (χ3n) is 2.11. The number of hydrogen-bond donors (Lipinski definition) is 0. The minimum absolute atomic E-state index is 0. The summed E-state index contributed by atoms with van der Waals surface area (Å²) in [6.07, 6.45) is 6.62. The summed E-state index contributed by atoms with van der Waals surface area (Å²) in [6.45, 7) is 0.834. The first kappa shape index (κ1) is 15.8. The maximum atomic E-state index is 10.5. The second-order valence-corrected chi connectivity index (χ2v) is 3.82. The minimum atomic E-state index is 0. The van der Waals surface area contributed by atoms with Gasteiger partial charge in [0.05, 0.1) is 0 Å². The van der Waals surface area contributed by atoms with Crippen LogP contribution in [0.25, 0.3) is 0 Å². The van der Waals surface area contributed by atoms with Crippen molar-refractivity contribution in [2.24, 2.45) is 0 Å². The molecule has 1 aliphatic rings. The summed E-state index contributed by atoms with van der Waals surface area (Å²) in [5.41, 5.74) is 1.91. The van der Waals surface area contributed by atoms with Gasteiger partial charge in [0.2, 0.25) is 0 Å². The van der Waals surface area contributed by atoms with Gasteiger partial charge in [-0.3, -0.25) is 0 Å². The Morgan fingerprint density at radius 3 is 2.35 bits per heavy atom. The molecule has 0 atom stereocenters. The van der Waals surface area contributed by atoms with E-state index in [0.29, 0.717) is 0 Å². The molecule has 0 fully saturated rings. The number of nitrogens with zero attached hydrogens (tertiary/aromatic N) is 1. The Bertz CT molecular complexity index is 358. The van der Waals surface area contributed by atoms with Gasteiger partial charge in [-0.05, 0) is 25.2 Å². The third kappa shape index (κ3) is 6.22. The van der Waals surface area contributed by atoms with Crippen molar-refractivity contribution in [1.82, 2.24) is 4.90 Å². The molecule has 3 heteroatoms. The van der Waals surface area contributed by atoms with Gasteiger partial charge in [0.15, 0.2) is 0 Å². The summed E-state index contributed by atoms with van der Waals surface area (Å²) < 4.78 is 0. The van der Waals surface area contributed by atoms with Gasteiger partial charge in [-0.25, -0.2) is 12.1 Å². The van der Waals surface area contributed by atoms with Gasteiger partial charge < -0.3 is 10.0 Å². The summed E-state index contributed by atoms with van der Waals surface area (Å²) in [5, 5.41) is 10.5. The first-order valence-corrected chi connectivity index (χ1v) is 5.25. The average Bonchev–Trinajstić information content (AvgIpc) is 2.89. The van der Waals surface area contributed by atoms with Crippen LogP contribution in [0.5, 0.6) is 0 Å². The first-order chi connectivity index (χ1) is 7.74. The molecule has 0 aromatic heterocycles. The van der Waals surface area contributed by atoms with E-state index < -0.39 is 0 Å². The number of rotatable bonds is 2. The predicted molar refractivity (Wildman–Crippen MR) is 65.9 cm³/mol. The molecule has 92 valence electrons. The van der Waals surface area contributed by atoms with Crippen molar-refractivity contribution in [2.45, 2.75) is 0 Å². The Morgan fingerprint density at radius 1 is 1.29 bits per heavy atom. The molecule has 0 radical (unpaired) electrons. The minimum Gasteiger partial charge on any atom is -0.877 e. The quantitative estimate of drug-likeness (QED) is 0.465. The zero-order chi connectivity index (χ0) is 11.8. The fourth-order valence-corrected chi connectivity index (χ4v) is 1.39. The van der Waals surface area contributed by atoms with Crippen LogP contribution < -0.4 is 5.11 Å². The van der Waals surface area contributed by atoms with Crippen molar-refractivity contribution in [3.63, 3.8) is 0 Å². The van der Waals surface area contributed by atoms with Gasteiger partial charge in [-0.15, -0.1) is 6.26 Å². The Kier molecular flexibility index (Phi) is 8.33. The molecule has 1 aromatic carbocycles. The molecule has 0 saturated carbocycles. The van der Waals surface area contributed by atoms with Crippen LogP contribution in [0.1, 0.15) is 0 Å². The van der Waals surface area contributed by atoms with Gasteiger partial charge in [0.1, 0.15) is 0 Å². The molecule has 0 saturated heterocycles. The van der Waals surface area contributed by atoms with Crippen molar-refractivity contribution in [3.8, 4) is 0 Å². The van der Waals surface area contributed by atoms with Gasteiger partial charge in [-0.2, -0.15) is 18.2 Å². The van der Waals surface area contributed by atoms with Gasteiger partial charge in [0, 0.05) is 6.54 Å². The summed E-state index contributed by atoms with van der Waals surface area (Å²) in [5.74, 6) is 0. The van der Waals surface area contributed by atoms with Crippen molar-refractivity contribution in [2.75, 3.05) is 20.6 Å². The molecular formula is C14H17FeNO. The van der Waals surface area contributed by atoms with E-state index in [-0.39, 0.29) is 17.1 Å². The first-order valence-electron chi connectivity index (χ1n) is 5.25. The second kappa shape index (κ2) is 8.94. The SMILES string of the molecule is CN(C)CC1=CC=CC1=C[O-].[Fe+2].c1cc[cH-]c1. The van der Waals surface area contributed by atoms with Crippen molar-refractivity contribution in [3.05, 3.63) is 66.0 Å². The molecule has 0 unspecified atom stereocenters. The normalized spacial score (nSPS) is 15.2. The van der Waals surface area contributed by atoms with Crippen molar-refractivity contribution >= 4 is 0 Å². The molecule has 17 heavy (non-hydrogen) atoms. The fourth-order valence-electron chi connectivity index (χ4n) is 1.39. The zero-order valence-electron chi connectivity index (χ0n) is 10.1. The molecule has 1 aromatic rings. The van der Waals surface area contributed by atoms with E-state index in [2.05, 4.69) is 0 Å². The number of likely N-dealkylation sites (N-methyl/N-ethyl adjacent to an activating group) is 1. The smallest absolute Gasteiger partial charge is 0.877 e. The maximum Gasteiger partial charge on any atom is 2.00 e. The molecule has 2 rings (SSSR count). The maximum absolute atomic E-state index is 10.5. The van der Waals surface area contributed by atoms with Crippen LogP contribution >= 0.6 is 0 Å². The van der Waals surface area contributed by atoms with Crippen molar-refractivity contribution < 1.29 is 22.2 Å². The molecule has 0 heterocycles. The Labute approximate surface area is 114 Å². The van der Waals surface area contributed by atoms with E-state index >= 15 is 0 Å². The predicted octanol–water partition coefficient (Wildman–Crippen LogP) is 1.69. The molecule has 0 bridgehead atoms.